The van der Waals surface area contributed by atoms with E-state index in [0.29, 0.717) is 18.9 Å². The summed E-state index contributed by atoms with van der Waals surface area (Å²) in [6.07, 6.45) is 2.43. The summed E-state index contributed by atoms with van der Waals surface area (Å²) >= 11 is 0. The molecule has 5 heteroatoms. The molecule has 17 heavy (non-hydrogen) atoms. The summed E-state index contributed by atoms with van der Waals surface area (Å²) in [5.41, 5.74) is 0. The number of ether oxygens (including phenoxy) is 1. The van der Waals surface area contributed by atoms with Crippen molar-refractivity contribution in [2.75, 3.05) is 13.7 Å². The van der Waals surface area contributed by atoms with E-state index >= 15 is 0 Å². The summed E-state index contributed by atoms with van der Waals surface area (Å²) in [7, 11) is 1.56. The quantitative estimate of drug-likeness (QED) is 0.788. The SMILES string of the molecule is COC1CC(C(=O)O)N(C(=O)C(C)C2CC2)C1. The van der Waals surface area contributed by atoms with Crippen LogP contribution < -0.4 is 0 Å². The molecule has 0 aromatic carbocycles. The number of carboxylic acid groups (broad SMARTS) is 1. The van der Waals surface area contributed by atoms with Gasteiger partial charge in [-0.15, -0.1) is 0 Å². The van der Waals surface area contributed by atoms with E-state index in [1.54, 1.807) is 7.11 Å². The third kappa shape index (κ3) is 2.44. The Morgan fingerprint density at radius 1 is 1.41 bits per heavy atom. The zero-order valence-corrected chi connectivity index (χ0v) is 10.3. The van der Waals surface area contributed by atoms with Gasteiger partial charge >= 0.3 is 5.97 Å². The Bertz CT molecular complexity index is 326. The summed E-state index contributed by atoms with van der Waals surface area (Å²) in [6.45, 7) is 2.31. The van der Waals surface area contributed by atoms with Crippen molar-refractivity contribution in [3.8, 4) is 0 Å². The third-order valence-corrected chi connectivity index (χ3v) is 3.88. The number of aliphatic carboxylic acids is 1. The van der Waals surface area contributed by atoms with Crippen LogP contribution in [0, 0.1) is 11.8 Å². The van der Waals surface area contributed by atoms with E-state index in [0.717, 1.165) is 12.8 Å². The van der Waals surface area contributed by atoms with Crippen LogP contribution in [0.2, 0.25) is 0 Å². The second kappa shape index (κ2) is 4.64. The molecule has 0 spiro atoms. The molecular formula is C12H19NO4. The van der Waals surface area contributed by atoms with Gasteiger partial charge in [-0.25, -0.2) is 4.79 Å². The van der Waals surface area contributed by atoms with Crippen LogP contribution in [0.3, 0.4) is 0 Å². The van der Waals surface area contributed by atoms with Crippen molar-refractivity contribution in [1.82, 2.24) is 4.90 Å². The molecule has 0 aromatic heterocycles. The Hall–Kier alpha value is -1.10. The van der Waals surface area contributed by atoms with Crippen molar-refractivity contribution in [3.63, 3.8) is 0 Å². The van der Waals surface area contributed by atoms with E-state index < -0.39 is 12.0 Å². The zero-order valence-electron chi connectivity index (χ0n) is 10.3. The summed E-state index contributed by atoms with van der Waals surface area (Å²) in [4.78, 5) is 24.8. The van der Waals surface area contributed by atoms with Gasteiger partial charge in [-0.1, -0.05) is 6.92 Å². The minimum absolute atomic E-state index is 0.0283. The maximum atomic E-state index is 12.2. The third-order valence-electron chi connectivity index (χ3n) is 3.88. The standard InChI is InChI=1S/C12H19NO4/c1-7(8-3-4-8)11(14)13-6-9(17-2)5-10(13)12(15)16/h7-10H,3-6H2,1-2H3,(H,15,16). The average molecular weight is 241 g/mol. The fourth-order valence-electron chi connectivity index (χ4n) is 2.51. The Morgan fingerprint density at radius 2 is 2.06 bits per heavy atom. The van der Waals surface area contributed by atoms with Gasteiger partial charge in [0, 0.05) is 26.0 Å². The van der Waals surface area contributed by atoms with E-state index in [4.69, 9.17) is 9.84 Å². The maximum Gasteiger partial charge on any atom is 0.326 e. The number of rotatable bonds is 4. The molecule has 0 bridgehead atoms. The minimum atomic E-state index is -0.930. The van der Waals surface area contributed by atoms with E-state index in [1.165, 1.54) is 4.90 Å². The molecule has 1 amide bonds. The van der Waals surface area contributed by atoms with Crippen molar-refractivity contribution in [2.24, 2.45) is 11.8 Å². The van der Waals surface area contributed by atoms with Gasteiger partial charge in [-0.05, 0) is 18.8 Å². The normalized spacial score (nSPS) is 30.4. The van der Waals surface area contributed by atoms with Gasteiger partial charge in [0.1, 0.15) is 6.04 Å². The first-order chi connectivity index (χ1) is 8.04. The fraction of sp³-hybridized carbons (Fsp3) is 0.833. The first-order valence-electron chi connectivity index (χ1n) is 6.10. The number of methoxy groups -OCH3 is 1. The Kier molecular flexibility index (Phi) is 3.38. The van der Waals surface area contributed by atoms with Gasteiger partial charge in [0.05, 0.1) is 6.10 Å². The first kappa shape index (κ1) is 12.4. The van der Waals surface area contributed by atoms with E-state index in [2.05, 4.69) is 0 Å². The smallest absolute Gasteiger partial charge is 0.326 e. The van der Waals surface area contributed by atoms with Crippen LogP contribution in [-0.2, 0) is 14.3 Å². The van der Waals surface area contributed by atoms with Crippen LogP contribution in [0.25, 0.3) is 0 Å². The number of carbonyl (C=O) groups excluding carboxylic acids is 1. The first-order valence-corrected chi connectivity index (χ1v) is 6.10. The van der Waals surface area contributed by atoms with Crippen LogP contribution in [-0.4, -0.2) is 47.7 Å². The molecule has 0 aromatic rings. The molecule has 2 rings (SSSR count). The zero-order chi connectivity index (χ0) is 12.6. The molecule has 5 nitrogen and oxygen atoms in total. The number of hydrogen-bond donors (Lipinski definition) is 1. The monoisotopic (exact) mass is 241 g/mol. The lowest BCUT2D eigenvalue weighted by Gasteiger charge is -2.24. The summed E-state index contributed by atoms with van der Waals surface area (Å²) in [5.74, 6) is -0.550. The highest BCUT2D eigenvalue weighted by atomic mass is 16.5. The van der Waals surface area contributed by atoms with E-state index in [-0.39, 0.29) is 17.9 Å². The second-order valence-corrected chi connectivity index (χ2v) is 5.06. The van der Waals surface area contributed by atoms with Gasteiger partial charge < -0.3 is 14.7 Å². The number of hydrogen-bond acceptors (Lipinski definition) is 3. The molecule has 1 aliphatic carbocycles. The lowest BCUT2D eigenvalue weighted by atomic mass is 10.0. The van der Waals surface area contributed by atoms with Crippen LogP contribution in [0.4, 0.5) is 0 Å². The number of carboxylic acids is 1. The van der Waals surface area contributed by atoms with Crippen molar-refractivity contribution in [2.45, 2.75) is 38.3 Å². The van der Waals surface area contributed by atoms with Crippen LogP contribution >= 0.6 is 0 Å². The van der Waals surface area contributed by atoms with Gasteiger partial charge in [-0.2, -0.15) is 0 Å². The Balaban J connectivity index is 2.06. The molecule has 1 aliphatic heterocycles. The van der Waals surface area contributed by atoms with Crippen molar-refractivity contribution in [3.05, 3.63) is 0 Å². The van der Waals surface area contributed by atoms with E-state index in [1.807, 2.05) is 6.92 Å². The average Bonchev–Trinajstić information content (AvgIpc) is 3.05. The molecular weight excluding hydrogens is 222 g/mol. The summed E-state index contributed by atoms with van der Waals surface area (Å²) < 4.78 is 5.17. The Morgan fingerprint density at radius 3 is 2.53 bits per heavy atom. The molecule has 2 fully saturated rings. The largest absolute Gasteiger partial charge is 0.480 e. The van der Waals surface area contributed by atoms with Crippen molar-refractivity contribution >= 4 is 11.9 Å². The number of likely N-dealkylation sites (tertiary alicyclic amines) is 1. The highest BCUT2D eigenvalue weighted by Gasteiger charge is 2.43. The van der Waals surface area contributed by atoms with Gasteiger partial charge in [0.15, 0.2) is 0 Å². The molecule has 1 saturated heterocycles. The molecule has 3 unspecified atom stereocenters. The molecule has 1 saturated carbocycles. The van der Waals surface area contributed by atoms with Crippen molar-refractivity contribution < 1.29 is 19.4 Å². The van der Waals surface area contributed by atoms with Gasteiger partial charge in [0.25, 0.3) is 0 Å². The molecule has 0 radical (unpaired) electrons. The van der Waals surface area contributed by atoms with Gasteiger partial charge in [-0.3, -0.25) is 4.79 Å². The lowest BCUT2D eigenvalue weighted by Crippen LogP contribution is -2.43. The maximum absolute atomic E-state index is 12.2. The predicted octanol–water partition coefficient (Wildman–Crippen LogP) is 0.733. The van der Waals surface area contributed by atoms with E-state index in [9.17, 15) is 9.59 Å². The molecule has 1 N–H and O–H groups in total. The van der Waals surface area contributed by atoms with Crippen LogP contribution in [0.15, 0.2) is 0 Å². The summed E-state index contributed by atoms with van der Waals surface area (Å²) in [6, 6.07) is -0.714. The highest BCUT2D eigenvalue weighted by molar-refractivity contribution is 5.86. The minimum Gasteiger partial charge on any atom is -0.480 e. The molecule has 96 valence electrons. The number of carbonyl (C=O) groups is 2. The molecule has 1 heterocycles. The highest BCUT2D eigenvalue weighted by Crippen LogP contribution is 2.38. The second-order valence-electron chi connectivity index (χ2n) is 5.06. The summed E-state index contributed by atoms with van der Waals surface area (Å²) in [5, 5.41) is 9.13. The van der Waals surface area contributed by atoms with Crippen molar-refractivity contribution in [1.29, 1.82) is 0 Å². The Labute approximate surface area is 101 Å². The van der Waals surface area contributed by atoms with Crippen LogP contribution in [0.5, 0.6) is 0 Å². The number of nitrogens with zero attached hydrogens (tertiary/aromatic N) is 1. The van der Waals surface area contributed by atoms with Crippen LogP contribution in [0.1, 0.15) is 26.2 Å². The molecule has 2 aliphatic rings. The number of amides is 1. The topological polar surface area (TPSA) is 66.8 Å². The fourth-order valence-corrected chi connectivity index (χ4v) is 2.51. The lowest BCUT2D eigenvalue weighted by molar-refractivity contribution is -0.150. The van der Waals surface area contributed by atoms with Gasteiger partial charge in [0.2, 0.25) is 5.91 Å². The molecule has 3 atom stereocenters. The predicted molar refractivity (Wildman–Crippen MR) is 60.4 cm³/mol.